The number of nitrogens with one attached hydrogen (secondary N) is 2. The maximum Gasteiger partial charge on any atom is 0.191 e. The fourth-order valence-electron chi connectivity index (χ4n) is 2.61. The fraction of sp³-hybridized carbons (Fsp3) is 0.632. The summed E-state index contributed by atoms with van der Waals surface area (Å²) in [5.41, 5.74) is 1.15. The van der Waals surface area contributed by atoms with E-state index < -0.39 is 0 Å². The summed E-state index contributed by atoms with van der Waals surface area (Å²) in [6, 6.07) is 8.20. The van der Waals surface area contributed by atoms with Crippen molar-refractivity contribution in [2.75, 3.05) is 52.5 Å². The molecule has 2 rings (SSSR count). The van der Waals surface area contributed by atoms with Crippen molar-refractivity contribution in [2.45, 2.75) is 26.8 Å². The van der Waals surface area contributed by atoms with Gasteiger partial charge in [0.15, 0.2) is 5.96 Å². The molecule has 1 aromatic rings. The predicted molar refractivity (Wildman–Crippen MR) is 118 cm³/mol. The molecule has 0 atom stereocenters. The van der Waals surface area contributed by atoms with Gasteiger partial charge in [0.2, 0.25) is 0 Å². The van der Waals surface area contributed by atoms with E-state index in [1.54, 1.807) is 0 Å². The van der Waals surface area contributed by atoms with E-state index in [2.05, 4.69) is 46.5 Å². The van der Waals surface area contributed by atoms with E-state index in [-0.39, 0.29) is 24.0 Å². The number of halogens is 1. The Balaban J connectivity index is 0.00000338. The molecular formula is C19H33IN4O2. The van der Waals surface area contributed by atoms with Crippen LogP contribution in [0.25, 0.3) is 0 Å². The van der Waals surface area contributed by atoms with E-state index >= 15 is 0 Å². The lowest BCUT2D eigenvalue weighted by Crippen LogP contribution is -2.38. The van der Waals surface area contributed by atoms with Gasteiger partial charge in [0.05, 0.1) is 19.8 Å². The van der Waals surface area contributed by atoms with Crippen LogP contribution in [0.3, 0.4) is 0 Å². The second kappa shape index (κ2) is 14.1. The highest BCUT2D eigenvalue weighted by Crippen LogP contribution is 2.14. The first-order valence-electron chi connectivity index (χ1n) is 9.35. The number of rotatable bonds is 9. The van der Waals surface area contributed by atoms with Crippen LogP contribution in [0, 0.1) is 0 Å². The van der Waals surface area contributed by atoms with Crippen LogP contribution in [0.15, 0.2) is 29.3 Å². The molecular weight excluding hydrogens is 443 g/mol. The van der Waals surface area contributed by atoms with Gasteiger partial charge in [-0.1, -0.05) is 19.1 Å². The van der Waals surface area contributed by atoms with Crippen molar-refractivity contribution in [3.8, 4) is 5.75 Å². The molecule has 0 aliphatic carbocycles. The third-order valence-electron chi connectivity index (χ3n) is 3.98. The van der Waals surface area contributed by atoms with E-state index in [4.69, 9.17) is 9.47 Å². The molecule has 1 saturated heterocycles. The van der Waals surface area contributed by atoms with Gasteiger partial charge in [0.25, 0.3) is 0 Å². The van der Waals surface area contributed by atoms with Crippen molar-refractivity contribution in [1.29, 1.82) is 0 Å². The number of nitrogens with zero attached hydrogens (tertiary/aromatic N) is 2. The van der Waals surface area contributed by atoms with E-state index in [1.807, 2.05) is 12.1 Å². The molecule has 7 heteroatoms. The number of benzene rings is 1. The third kappa shape index (κ3) is 9.05. The summed E-state index contributed by atoms with van der Waals surface area (Å²) in [6.45, 7) is 11.9. The highest BCUT2D eigenvalue weighted by atomic mass is 127. The highest BCUT2D eigenvalue weighted by molar-refractivity contribution is 14.0. The maximum atomic E-state index is 5.91. The molecule has 0 spiro atoms. The molecule has 0 saturated carbocycles. The molecule has 0 aromatic heterocycles. The zero-order valence-electron chi connectivity index (χ0n) is 16.0. The number of guanidine groups is 1. The van der Waals surface area contributed by atoms with Gasteiger partial charge in [-0.2, -0.15) is 0 Å². The molecule has 2 N–H and O–H groups in total. The molecule has 148 valence electrons. The first-order chi connectivity index (χ1) is 12.3. The summed E-state index contributed by atoms with van der Waals surface area (Å²) < 4.78 is 11.3. The van der Waals surface area contributed by atoms with E-state index in [0.717, 1.165) is 69.6 Å². The Morgan fingerprint density at radius 1 is 1.23 bits per heavy atom. The molecule has 1 aliphatic rings. The largest absolute Gasteiger partial charge is 0.492 e. The molecule has 1 heterocycles. The Kier molecular flexibility index (Phi) is 12.4. The second-order valence-electron chi connectivity index (χ2n) is 6.07. The van der Waals surface area contributed by atoms with Gasteiger partial charge in [-0.05, 0) is 31.0 Å². The lowest BCUT2D eigenvalue weighted by Gasteiger charge is -2.26. The van der Waals surface area contributed by atoms with Crippen LogP contribution in [-0.2, 0) is 11.3 Å². The Morgan fingerprint density at radius 3 is 2.77 bits per heavy atom. The topological polar surface area (TPSA) is 58.1 Å². The van der Waals surface area contributed by atoms with Gasteiger partial charge < -0.3 is 20.1 Å². The molecule has 26 heavy (non-hydrogen) atoms. The van der Waals surface area contributed by atoms with E-state index in [1.165, 1.54) is 0 Å². The zero-order valence-corrected chi connectivity index (χ0v) is 18.3. The van der Waals surface area contributed by atoms with Gasteiger partial charge in [-0.3, -0.25) is 4.90 Å². The molecule has 0 amide bonds. The van der Waals surface area contributed by atoms with Crippen LogP contribution < -0.4 is 15.4 Å². The summed E-state index contributed by atoms with van der Waals surface area (Å²) in [6.07, 6.45) is 1.08. The quantitative estimate of drug-likeness (QED) is 0.326. The van der Waals surface area contributed by atoms with E-state index in [0.29, 0.717) is 13.2 Å². The average Bonchev–Trinajstić information content (AvgIpc) is 2.65. The van der Waals surface area contributed by atoms with Gasteiger partial charge in [0, 0.05) is 32.7 Å². The van der Waals surface area contributed by atoms with Gasteiger partial charge in [-0.15, -0.1) is 24.0 Å². The summed E-state index contributed by atoms with van der Waals surface area (Å²) >= 11 is 0. The minimum atomic E-state index is 0. The summed E-state index contributed by atoms with van der Waals surface area (Å²) in [5.74, 6) is 1.77. The normalized spacial score (nSPS) is 15.2. The molecule has 1 fully saturated rings. The number of aliphatic imine (C=N–C) groups is 1. The maximum absolute atomic E-state index is 5.91. The summed E-state index contributed by atoms with van der Waals surface area (Å²) in [5, 5.41) is 6.58. The second-order valence-corrected chi connectivity index (χ2v) is 6.07. The molecule has 6 nitrogen and oxygen atoms in total. The first-order valence-corrected chi connectivity index (χ1v) is 9.35. The summed E-state index contributed by atoms with van der Waals surface area (Å²) in [7, 11) is 0. The monoisotopic (exact) mass is 476 g/mol. The van der Waals surface area contributed by atoms with Crippen LogP contribution in [0.5, 0.6) is 5.75 Å². The fourth-order valence-corrected chi connectivity index (χ4v) is 2.61. The van der Waals surface area contributed by atoms with E-state index in [9.17, 15) is 0 Å². The van der Waals surface area contributed by atoms with Crippen LogP contribution in [-0.4, -0.2) is 63.4 Å². The van der Waals surface area contributed by atoms with Gasteiger partial charge >= 0.3 is 0 Å². The van der Waals surface area contributed by atoms with Crippen molar-refractivity contribution in [2.24, 2.45) is 4.99 Å². The standard InChI is InChI=1S/C19H32N4O2.HI/c1-3-8-21-19(20-4-2)22-16-17-6-5-7-18(15-17)25-14-11-23-9-12-24-13-10-23;/h5-7,15H,3-4,8-14,16H2,1-2H3,(H2,20,21,22);1H. The van der Waals surface area contributed by atoms with Crippen LogP contribution in [0.1, 0.15) is 25.8 Å². The average molecular weight is 476 g/mol. The summed E-state index contributed by atoms with van der Waals surface area (Å²) in [4.78, 5) is 7.01. The Labute approximate surface area is 174 Å². The zero-order chi connectivity index (χ0) is 17.7. The van der Waals surface area contributed by atoms with Crippen LogP contribution in [0.2, 0.25) is 0 Å². The van der Waals surface area contributed by atoms with Gasteiger partial charge in [0.1, 0.15) is 12.4 Å². The van der Waals surface area contributed by atoms with Crippen molar-refractivity contribution in [3.05, 3.63) is 29.8 Å². The highest BCUT2D eigenvalue weighted by Gasteiger charge is 2.09. The Bertz CT molecular complexity index is 522. The number of hydrogen-bond donors (Lipinski definition) is 2. The van der Waals surface area contributed by atoms with Gasteiger partial charge in [-0.25, -0.2) is 4.99 Å². The molecule has 1 aliphatic heterocycles. The third-order valence-corrected chi connectivity index (χ3v) is 3.98. The predicted octanol–water partition coefficient (Wildman–Crippen LogP) is 2.48. The van der Waals surface area contributed by atoms with Crippen LogP contribution >= 0.6 is 24.0 Å². The number of hydrogen-bond acceptors (Lipinski definition) is 4. The van der Waals surface area contributed by atoms with Crippen molar-refractivity contribution in [3.63, 3.8) is 0 Å². The molecule has 0 radical (unpaired) electrons. The van der Waals surface area contributed by atoms with Crippen molar-refractivity contribution in [1.82, 2.24) is 15.5 Å². The molecule has 0 bridgehead atoms. The minimum absolute atomic E-state index is 0. The number of morpholine rings is 1. The SMILES string of the molecule is CCCNC(=NCc1cccc(OCCN2CCOCC2)c1)NCC.I. The minimum Gasteiger partial charge on any atom is -0.492 e. The lowest BCUT2D eigenvalue weighted by molar-refractivity contribution is 0.0322. The van der Waals surface area contributed by atoms with Crippen molar-refractivity contribution < 1.29 is 9.47 Å². The Morgan fingerprint density at radius 2 is 2.04 bits per heavy atom. The Hall–Kier alpha value is -1.06. The molecule has 1 aromatic carbocycles. The molecule has 0 unspecified atom stereocenters. The number of ether oxygens (including phenoxy) is 2. The van der Waals surface area contributed by atoms with Crippen molar-refractivity contribution >= 4 is 29.9 Å². The smallest absolute Gasteiger partial charge is 0.191 e. The first kappa shape index (κ1) is 23.0. The lowest BCUT2D eigenvalue weighted by atomic mass is 10.2. The van der Waals surface area contributed by atoms with Crippen LogP contribution in [0.4, 0.5) is 0 Å².